The zero-order valence-electron chi connectivity index (χ0n) is 17.6. The molecular weight excluding hydrogens is 425 g/mol. The Morgan fingerprint density at radius 3 is 2.78 bits per heavy atom. The van der Waals surface area contributed by atoms with Gasteiger partial charge in [-0.05, 0) is 38.0 Å². The first kappa shape index (κ1) is 20.5. The van der Waals surface area contributed by atoms with Gasteiger partial charge in [0.2, 0.25) is 0 Å². The second-order valence-corrected chi connectivity index (χ2v) is 8.85. The largest absolute Gasteiger partial charge is 0.321 e. The molecule has 0 fully saturated rings. The Bertz CT molecular complexity index is 1280. The lowest BCUT2D eigenvalue weighted by Gasteiger charge is -2.10. The number of fused-ring (bicyclic) bond motifs is 1. The fraction of sp³-hybridized carbons (Fsp3) is 0.250. The predicted molar refractivity (Wildman–Crippen MR) is 123 cm³/mol. The van der Waals surface area contributed by atoms with Crippen molar-refractivity contribution in [2.45, 2.75) is 39.2 Å². The van der Waals surface area contributed by atoms with E-state index >= 15 is 0 Å². The number of carbonyl (C=O) groups excluding carboxylic acids is 1. The number of nitrogens with zero attached hydrogens (tertiary/aromatic N) is 4. The SMILES string of the molecule is Cc1nc(-c2ccccc2)sc1C(=O)Nc1ccc(F)c(-c2nnc3n2CCCCC3)c1. The molecule has 0 unspecified atom stereocenters. The molecule has 0 saturated heterocycles. The summed E-state index contributed by atoms with van der Waals surface area (Å²) in [6.07, 6.45) is 4.06. The zero-order valence-corrected chi connectivity index (χ0v) is 18.5. The Hall–Kier alpha value is -3.39. The van der Waals surface area contributed by atoms with Crippen molar-refractivity contribution in [3.8, 4) is 22.0 Å². The van der Waals surface area contributed by atoms with Gasteiger partial charge < -0.3 is 9.88 Å². The minimum Gasteiger partial charge on any atom is -0.321 e. The first-order chi connectivity index (χ1) is 15.6. The summed E-state index contributed by atoms with van der Waals surface area (Å²) in [7, 11) is 0. The molecule has 0 radical (unpaired) electrons. The minimum absolute atomic E-state index is 0.264. The first-order valence-electron chi connectivity index (χ1n) is 10.7. The summed E-state index contributed by atoms with van der Waals surface area (Å²) >= 11 is 1.34. The Morgan fingerprint density at radius 2 is 1.94 bits per heavy atom. The van der Waals surface area contributed by atoms with Gasteiger partial charge in [-0.15, -0.1) is 21.5 Å². The average molecular weight is 448 g/mol. The van der Waals surface area contributed by atoms with Crippen molar-refractivity contribution >= 4 is 22.9 Å². The Labute approximate surface area is 189 Å². The number of aromatic nitrogens is 4. The number of aryl methyl sites for hydroxylation is 2. The summed E-state index contributed by atoms with van der Waals surface area (Å²) in [6.45, 7) is 2.59. The van der Waals surface area contributed by atoms with E-state index in [1.807, 2.05) is 41.8 Å². The van der Waals surface area contributed by atoms with Gasteiger partial charge in [0, 0.05) is 24.2 Å². The van der Waals surface area contributed by atoms with Gasteiger partial charge in [0.05, 0.1) is 11.3 Å². The molecule has 0 atom stereocenters. The van der Waals surface area contributed by atoms with Gasteiger partial charge in [-0.3, -0.25) is 4.79 Å². The molecule has 1 N–H and O–H groups in total. The maximum absolute atomic E-state index is 14.7. The number of hydrogen-bond acceptors (Lipinski definition) is 5. The lowest BCUT2D eigenvalue weighted by molar-refractivity contribution is 0.103. The third kappa shape index (κ3) is 3.93. The molecule has 0 saturated carbocycles. The Balaban J connectivity index is 1.42. The molecule has 0 bridgehead atoms. The molecule has 1 aliphatic rings. The highest BCUT2D eigenvalue weighted by atomic mass is 32.1. The molecule has 5 rings (SSSR count). The smallest absolute Gasteiger partial charge is 0.267 e. The van der Waals surface area contributed by atoms with E-state index < -0.39 is 0 Å². The van der Waals surface area contributed by atoms with E-state index in [9.17, 15) is 9.18 Å². The van der Waals surface area contributed by atoms with Gasteiger partial charge in [0.25, 0.3) is 5.91 Å². The fourth-order valence-corrected chi connectivity index (χ4v) is 4.92. The van der Waals surface area contributed by atoms with Crippen molar-refractivity contribution in [2.75, 3.05) is 5.32 Å². The van der Waals surface area contributed by atoms with Crippen LogP contribution in [0.5, 0.6) is 0 Å². The average Bonchev–Trinajstić information content (AvgIpc) is 3.31. The van der Waals surface area contributed by atoms with Crippen molar-refractivity contribution < 1.29 is 9.18 Å². The summed E-state index contributed by atoms with van der Waals surface area (Å²) in [4.78, 5) is 18.1. The molecule has 4 aromatic rings. The number of carbonyl (C=O) groups is 1. The number of benzene rings is 2. The van der Waals surface area contributed by atoms with E-state index in [1.54, 1.807) is 12.1 Å². The van der Waals surface area contributed by atoms with Crippen LogP contribution < -0.4 is 5.32 Å². The lowest BCUT2D eigenvalue weighted by Crippen LogP contribution is -2.12. The van der Waals surface area contributed by atoms with E-state index in [4.69, 9.17) is 0 Å². The fourth-order valence-electron chi connectivity index (χ4n) is 3.96. The monoisotopic (exact) mass is 447 g/mol. The second kappa shape index (κ2) is 8.63. The molecular formula is C24H22FN5OS. The van der Waals surface area contributed by atoms with Crippen LogP contribution in [-0.4, -0.2) is 25.7 Å². The van der Waals surface area contributed by atoms with Gasteiger partial charge in [-0.2, -0.15) is 0 Å². The maximum atomic E-state index is 14.7. The van der Waals surface area contributed by atoms with E-state index in [0.29, 0.717) is 27.6 Å². The van der Waals surface area contributed by atoms with Crippen LogP contribution in [0.1, 0.15) is 40.5 Å². The van der Waals surface area contributed by atoms with Crippen LogP contribution in [-0.2, 0) is 13.0 Å². The molecule has 1 aliphatic heterocycles. The molecule has 0 spiro atoms. The minimum atomic E-state index is -0.386. The first-order valence-corrected chi connectivity index (χ1v) is 11.5. The van der Waals surface area contributed by atoms with Crippen molar-refractivity contribution in [1.29, 1.82) is 0 Å². The van der Waals surface area contributed by atoms with Gasteiger partial charge in [-0.25, -0.2) is 9.37 Å². The van der Waals surface area contributed by atoms with Gasteiger partial charge in [0.15, 0.2) is 5.82 Å². The Morgan fingerprint density at radius 1 is 1.09 bits per heavy atom. The highest BCUT2D eigenvalue weighted by Gasteiger charge is 2.21. The molecule has 8 heteroatoms. The molecule has 32 heavy (non-hydrogen) atoms. The zero-order chi connectivity index (χ0) is 22.1. The summed E-state index contributed by atoms with van der Waals surface area (Å²) < 4.78 is 16.7. The highest BCUT2D eigenvalue weighted by Crippen LogP contribution is 2.30. The third-order valence-corrected chi connectivity index (χ3v) is 6.80. The number of hydrogen-bond donors (Lipinski definition) is 1. The van der Waals surface area contributed by atoms with Crippen LogP contribution in [0.25, 0.3) is 22.0 Å². The molecule has 162 valence electrons. The molecule has 1 amide bonds. The number of thiazole rings is 1. The Kier molecular flexibility index (Phi) is 5.53. The van der Waals surface area contributed by atoms with Gasteiger partial charge in [-0.1, -0.05) is 36.8 Å². The summed E-state index contributed by atoms with van der Waals surface area (Å²) in [5.41, 5.74) is 2.48. The van der Waals surface area contributed by atoms with Gasteiger partial charge in [0.1, 0.15) is 21.5 Å². The molecule has 0 aliphatic carbocycles. The van der Waals surface area contributed by atoms with Crippen molar-refractivity contribution in [1.82, 2.24) is 19.7 Å². The number of amides is 1. The number of nitrogens with one attached hydrogen (secondary N) is 1. The van der Waals surface area contributed by atoms with Crippen LogP contribution >= 0.6 is 11.3 Å². The molecule has 2 aromatic carbocycles. The van der Waals surface area contributed by atoms with Crippen LogP contribution in [0.4, 0.5) is 10.1 Å². The topological polar surface area (TPSA) is 72.7 Å². The van der Waals surface area contributed by atoms with Crippen LogP contribution in [0.15, 0.2) is 48.5 Å². The second-order valence-electron chi connectivity index (χ2n) is 7.85. The summed E-state index contributed by atoms with van der Waals surface area (Å²) in [5.74, 6) is 0.749. The van der Waals surface area contributed by atoms with Crippen molar-refractivity contribution in [3.63, 3.8) is 0 Å². The quantitative estimate of drug-likeness (QED) is 0.449. The molecule has 2 aromatic heterocycles. The third-order valence-electron chi connectivity index (χ3n) is 5.60. The summed E-state index contributed by atoms with van der Waals surface area (Å²) in [5, 5.41) is 12.2. The van der Waals surface area contributed by atoms with Crippen molar-refractivity contribution in [3.05, 3.63) is 70.7 Å². The normalized spacial score (nSPS) is 13.4. The van der Waals surface area contributed by atoms with E-state index in [1.165, 1.54) is 17.4 Å². The van der Waals surface area contributed by atoms with E-state index in [2.05, 4.69) is 20.5 Å². The van der Waals surface area contributed by atoms with Crippen LogP contribution in [0.2, 0.25) is 0 Å². The summed E-state index contributed by atoms with van der Waals surface area (Å²) in [6, 6.07) is 14.3. The van der Waals surface area contributed by atoms with Crippen LogP contribution in [0, 0.1) is 12.7 Å². The van der Waals surface area contributed by atoms with E-state index in [0.717, 1.165) is 48.6 Å². The van der Waals surface area contributed by atoms with Crippen LogP contribution in [0.3, 0.4) is 0 Å². The number of halogens is 1. The van der Waals surface area contributed by atoms with Gasteiger partial charge >= 0.3 is 0 Å². The van der Waals surface area contributed by atoms with E-state index in [-0.39, 0.29) is 11.7 Å². The number of rotatable bonds is 4. The lowest BCUT2D eigenvalue weighted by atomic mass is 10.1. The molecule has 6 nitrogen and oxygen atoms in total. The standard InChI is InChI=1S/C24H22FN5OS/c1-15-21(32-24(26-15)16-8-4-2-5-9-16)23(31)27-17-11-12-19(25)18(14-17)22-29-28-20-10-6-3-7-13-30(20)22/h2,4-5,8-9,11-12,14H,3,6-7,10,13H2,1H3,(H,27,31). The number of anilines is 1. The highest BCUT2D eigenvalue weighted by molar-refractivity contribution is 7.17. The maximum Gasteiger partial charge on any atom is 0.267 e. The molecule has 3 heterocycles. The predicted octanol–water partition coefficient (Wildman–Crippen LogP) is 5.49. The van der Waals surface area contributed by atoms with Crippen molar-refractivity contribution in [2.24, 2.45) is 0 Å².